The maximum absolute atomic E-state index is 11.5. The largest absolute Gasteiger partial charge is 0.491 e. The Morgan fingerprint density at radius 1 is 1.11 bits per heavy atom. The van der Waals surface area contributed by atoms with E-state index in [1.54, 1.807) is 5.48 Å². The maximum atomic E-state index is 11.5. The van der Waals surface area contributed by atoms with Crippen molar-refractivity contribution in [1.82, 2.24) is 10.0 Å². The Balaban J connectivity index is 1.97. The van der Waals surface area contributed by atoms with Crippen molar-refractivity contribution in [2.24, 2.45) is 12.5 Å². The highest BCUT2D eigenvalue weighted by Gasteiger charge is 2.34. The first-order valence-electron chi connectivity index (χ1n) is 12.9. The molecule has 3 rings (SSSR count). The molecule has 0 spiro atoms. The number of hydrogen-bond donors (Lipinski definition) is 3. The van der Waals surface area contributed by atoms with Crippen molar-refractivity contribution in [3.8, 4) is 5.75 Å². The summed E-state index contributed by atoms with van der Waals surface area (Å²) in [6.07, 6.45) is 4.41. The van der Waals surface area contributed by atoms with Crippen LogP contribution in [0.5, 0.6) is 5.75 Å². The van der Waals surface area contributed by atoms with Crippen LogP contribution in [-0.2, 0) is 23.7 Å². The van der Waals surface area contributed by atoms with Crippen LogP contribution in [0.25, 0.3) is 10.9 Å². The van der Waals surface area contributed by atoms with E-state index in [1.165, 1.54) is 16.5 Å². The third kappa shape index (κ3) is 5.60. The van der Waals surface area contributed by atoms with Gasteiger partial charge in [-0.2, -0.15) is 0 Å². The molecule has 0 radical (unpaired) electrons. The van der Waals surface area contributed by atoms with Gasteiger partial charge < -0.3 is 14.4 Å². The smallest absolute Gasteiger partial charge is 0.243 e. The van der Waals surface area contributed by atoms with E-state index in [9.17, 15) is 9.90 Å². The second-order valence-electron chi connectivity index (χ2n) is 11.0. The first kappa shape index (κ1) is 27.8. The average molecular weight is 495 g/mol. The van der Waals surface area contributed by atoms with Crippen molar-refractivity contribution in [1.29, 1.82) is 0 Å². The van der Waals surface area contributed by atoms with E-state index in [0.29, 0.717) is 6.42 Å². The number of aliphatic hydroxyl groups excluding tert-OH is 1. The van der Waals surface area contributed by atoms with Crippen LogP contribution in [-0.4, -0.2) is 33.5 Å². The minimum atomic E-state index is -0.541. The minimum absolute atomic E-state index is 0.161. The fourth-order valence-corrected chi connectivity index (χ4v) is 5.00. The lowest BCUT2D eigenvalue weighted by Crippen LogP contribution is -2.32. The van der Waals surface area contributed by atoms with Crippen LogP contribution in [0.4, 0.5) is 0 Å². The fraction of sp³-hybridized carbons (Fsp3) is 0.500. The minimum Gasteiger partial charge on any atom is -0.491 e. The van der Waals surface area contributed by atoms with Gasteiger partial charge in [0.2, 0.25) is 5.91 Å². The number of carbonyl (C=O) groups excluding carboxylic acids is 1. The lowest BCUT2D eigenvalue weighted by molar-refractivity contribution is -0.129. The zero-order chi connectivity index (χ0) is 26.7. The third-order valence-corrected chi connectivity index (χ3v) is 7.67. The van der Waals surface area contributed by atoms with Gasteiger partial charge in [0.05, 0.1) is 6.10 Å². The Morgan fingerprint density at radius 2 is 1.81 bits per heavy atom. The molecule has 0 saturated carbocycles. The summed E-state index contributed by atoms with van der Waals surface area (Å²) >= 11 is 0. The van der Waals surface area contributed by atoms with Gasteiger partial charge >= 0.3 is 0 Å². The Kier molecular flexibility index (Phi) is 8.52. The molecule has 1 amide bonds. The average Bonchev–Trinajstić information content (AvgIpc) is 3.18. The van der Waals surface area contributed by atoms with E-state index in [1.807, 2.05) is 26.8 Å². The first-order valence-corrected chi connectivity index (χ1v) is 12.9. The Hall–Kier alpha value is -2.83. The second kappa shape index (κ2) is 11.1. The predicted molar refractivity (Wildman–Crippen MR) is 145 cm³/mol. The molecule has 2 aromatic carbocycles. The molecule has 6 heteroatoms. The summed E-state index contributed by atoms with van der Waals surface area (Å²) in [7, 11) is 2.06. The summed E-state index contributed by atoms with van der Waals surface area (Å²) in [5, 5.41) is 20.4. The van der Waals surface area contributed by atoms with Gasteiger partial charge in [-0.25, -0.2) is 5.48 Å². The topological polar surface area (TPSA) is 83.7 Å². The highest BCUT2D eigenvalue weighted by Crippen LogP contribution is 2.44. The molecular weight excluding hydrogens is 452 g/mol. The number of hydrogen-bond acceptors (Lipinski definition) is 4. The molecule has 1 unspecified atom stereocenters. The molecule has 0 bridgehead atoms. The molecule has 0 aliphatic rings. The molecule has 1 aromatic heterocycles. The van der Waals surface area contributed by atoms with E-state index < -0.39 is 6.10 Å². The molecule has 6 nitrogen and oxygen atoms in total. The Morgan fingerprint density at radius 3 is 2.39 bits per heavy atom. The molecule has 3 aromatic rings. The quantitative estimate of drug-likeness (QED) is 0.245. The molecule has 0 saturated heterocycles. The zero-order valence-corrected chi connectivity index (χ0v) is 22.8. The fourth-order valence-electron chi connectivity index (χ4n) is 5.00. The van der Waals surface area contributed by atoms with Gasteiger partial charge in [-0.05, 0) is 66.0 Å². The van der Waals surface area contributed by atoms with Gasteiger partial charge in [0.25, 0.3) is 0 Å². The van der Waals surface area contributed by atoms with Crippen LogP contribution in [0.1, 0.15) is 76.1 Å². The normalized spacial score (nSPS) is 13.1. The van der Waals surface area contributed by atoms with Crippen LogP contribution < -0.4 is 10.2 Å². The zero-order valence-electron chi connectivity index (χ0n) is 22.8. The number of aromatic nitrogens is 1. The van der Waals surface area contributed by atoms with E-state index in [2.05, 4.69) is 68.9 Å². The van der Waals surface area contributed by atoms with Crippen molar-refractivity contribution in [3.63, 3.8) is 0 Å². The summed E-state index contributed by atoms with van der Waals surface area (Å²) in [5.41, 5.74) is 7.11. The van der Waals surface area contributed by atoms with Gasteiger partial charge in [-0.15, -0.1) is 0 Å². The van der Waals surface area contributed by atoms with E-state index >= 15 is 0 Å². The van der Waals surface area contributed by atoms with E-state index in [0.717, 1.165) is 35.2 Å². The van der Waals surface area contributed by atoms with Gasteiger partial charge in [0.15, 0.2) is 0 Å². The molecule has 0 fully saturated rings. The first-order chi connectivity index (χ1) is 17.0. The molecule has 36 heavy (non-hydrogen) atoms. The number of benzene rings is 2. The summed E-state index contributed by atoms with van der Waals surface area (Å²) in [4.78, 5) is 11.5. The number of aryl methyl sites for hydroxylation is 3. The SMILES string of the molecule is CCC(CC)(c1ccc(OCC(O)C(C)(C)C)c(C)c1)c1cn(C)c2cc(CCC(=O)NO)ccc12. The summed E-state index contributed by atoms with van der Waals surface area (Å²) in [6, 6.07) is 12.8. The number of nitrogens with zero attached hydrogens (tertiary/aromatic N) is 1. The number of aliphatic hydroxyl groups is 1. The van der Waals surface area contributed by atoms with Crippen molar-refractivity contribution >= 4 is 16.8 Å². The third-order valence-electron chi connectivity index (χ3n) is 7.67. The summed E-state index contributed by atoms with van der Waals surface area (Å²) in [6.45, 7) is 12.8. The van der Waals surface area contributed by atoms with Crippen LogP contribution in [0.2, 0.25) is 0 Å². The van der Waals surface area contributed by atoms with Crippen molar-refractivity contribution in [3.05, 3.63) is 64.8 Å². The monoisotopic (exact) mass is 494 g/mol. The lowest BCUT2D eigenvalue weighted by atomic mass is 9.70. The number of carbonyl (C=O) groups is 1. The van der Waals surface area contributed by atoms with Crippen molar-refractivity contribution < 1.29 is 19.8 Å². The Bertz CT molecular complexity index is 1200. The van der Waals surface area contributed by atoms with Crippen LogP contribution in [0, 0.1) is 12.3 Å². The van der Waals surface area contributed by atoms with E-state index in [4.69, 9.17) is 9.94 Å². The maximum Gasteiger partial charge on any atom is 0.243 e. The summed E-state index contributed by atoms with van der Waals surface area (Å²) in [5.74, 6) is 0.423. The number of hydroxylamine groups is 1. The highest BCUT2D eigenvalue weighted by atomic mass is 16.5. The molecule has 1 heterocycles. The Labute approximate surface area is 215 Å². The van der Waals surface area contributed by atoms with Gasteiger partial charge in [0, 0.05) is 36.0 Å². The molecule has 1 atom stereocenters. The van der Waals surface area contributed by atoms with Gasteiger partial charge in [-0.1, -0.05) is 58.9 Å². The van der Waals surface area contributed by atoms with Gasteiger partial charge in [0.1, 0.15) is 12.4 Å². The predicted octanol–water partition coefficient (Wildman–Crippen LogP) is 5.82. The number of fused-ring (bicyclic) bond motifs is 1. The van der Waals surface area contributed by atoms with Crippen LogP contribution in [0.3, 0.4) is 0 Å². The van der Waals surface area contributed by atoms with Gasteiger partial charge in [-0.3, -0.25) is 10.0 Å². The van der Waals surface area contributed by atoms with Crippen LogP contribution >= 0.6 is 0 Å². The number of amides is 1. The molecule has 3 N–H and O–H groups in total. The number of rotatable bonds is 10. The highest BCUT2D eigenvalue weighted by molar-refractivity contribution is 5.86. The second-order valence-corrected chi connectivity index (χ2v) is 11.0. The molecule has 0 aliphatic heterocycles. The number of nitrogens with one attached hydrogen (secondary N) is 1. The standard InChI is InChI=1S/C30H42N2O4/c1-8-30(9-2,22-12-14-26(20(3)16-22)36-19-27(33)29(4,5)6)24-18-32(7)25-17-21(10-13-23(24)25)11-15-28(34)31-35/h10,12-14,16-18,27,33,35H,8-9,11,15,19H2,1-7H3,(H,31,34). The lowest BCUT2D eigenvalue weighted by Gasteiger charge is -2.33. The van der Waals surface area contributed by atoms with Crippen LogP contribution in [0.15, 0.2) is 42.6 Å². The number of ether oxygens (including phenoxy) is 1. The van der Waals surface area contributed by atoms with E-state index in [-0.39, 0.29) is 29.8 Å². The molecule has 196 valence electrons. The summed E-state index contributed by atoms with van der Waals surface area (Å²) < 4.78 is 8.17. The molecule has 0 aliphatic carbocycles. The molecular formula is C30H42N2O4. The van der Waals surface area contributed by atoms with Crippen molar-refractivity contribution in [2.45, 2.75) is 78.7 Å². The van der Waals surface area contributed by atoms with Crippen molar-refractivity contribution in [2.75, 3.05) is 6.61 Å².